The minimum atomic E-state index is 0.247. The molecule has 0 bridgehead atoms. The van der Waals surface area contributed by atoms with E-state index in [4.69, 9.17) is 23.2 Å². The van der Waals surface area contributed by atoms with Crippen LogP contribution in [0.1, 0.15) is 31.7 Å². The fourth-order valence-electron chi connectivity index (χ4n) is 2.48. The fraction of sp³-hybridized carbons (Fsp3) is 0.538. The maximum atomic E-state index is 6.21. The maximum Gasteiger partial charge on any atom is 0.0453 e. The molecule has 0 saturated carbocycles. The van der Waals surface area contributed by atoms with E-state index >= 15 is 0 Å². The largest absolute Gasteiger partial charge is 0.311 e. The van der Waals surface area contributed by atoms with E-state index in [1.807, 2.05) is 18.2 Å². The summed E-state index contributed by atoms with van der Waals surface area (Å²) in [5.41, 5.74) is 1.44. The van der Waals surface area contributed by atoms with E-state index in [1.165, 1.54) is 18.4 Å². The molecule has 0 radical (unpaired) electrons. The molecule has 88 valence electrons. The molecule has 2 rings (SSSR count). The minimum absolute atomic E-state index is 0.247. The van der Waals surface area contributed by atoms with Gasteiger partial charge in [0.25, 0.3) is 0 Å². The summed E-state index contributed by atoms with van der Waals surface area (Å²) in [4.78, 5) is 0. The minimum Gasteiger partial charge on any atom is -0.311 e. The van der Waals surface area contributed by atoms with E-state index in [9.17, 15) is 0 Å². The van der Waals surface area contributed by atoms with E-state index in [2.05, 4.69) is 12.2 Å². The number of halogens is 2. The zero-order valence-corrected chi connectivity index (χ0v) is 11.0. The van der Waals surface area contributed by atoms with Crippen molar-refractivity contribution in [3.63, 3.8) is 0 Å². The van der Waals surface area contributed by atoms with Crippen LogP contribution in [0, 0.1) is 0 Å². The van der Waals surface area contributed by atoms with Crippen molar-refractivity contribution in [2.75, 3.05) is 6.54 Å². The summed E-state index contributed by atoms with van der Waals surface area (Å²) < 4.78 is 0. The molecule has 16 heavy (non-hydrogen) atoms. The lowest BCUT2D eigenvalue weighted by Gasteiger charge is -2.28. The Balaban J connectivity index is 2.19. The molecule has 3 heteroatoms. The highest BCUT2D eigenvalue weighted by Crippen LogP contribution is 2.31. The zero-order chi connectivity index (χ0) is 11.6. The van der Waals surface area contributed by atoms with Crippen LogP contribution in [0.3, 0.4) is 0 Å². The normalized spacial score (nSPS) is 24.9. The summed E-state index contributed by atoms with van der Waals surface area (Å²) in [5.74, 6) is 0. The SMILES string of the molecule is CCC1(Cc2ccc(Cl)cc2Cl)CCCN1. The molecule has 1 fully saturated rings. The molecule has 1 nitrogen and oxygen atoms in total. The summed E-state index contributed by atoms with van der Waals surface area (Å²) >= 11 is 12.1. The Morgan fingerprint density at radius 2 is 2.19 bits per heavy atom. The molecule has 0 amide bonds. The Morgan fingerprint density at radius 1 is 1.38 bits per heavy atom. The van der Waals surface area contributed by atoms with Crippen molar-refractivity contribution >= 4 is 23.2 Å². The molecule has 0 spiro atoms. The molecule has 1 atom stereocenters. The number of nitrogens with one attached hydrogen (secondary N) is 1. The lowest BCUT2D eigenvalue weighted by Crippen LogP contribution is -2.41. The van der Waals surface area contributed by atoms with Crippen molar-refractivity contribution in [3.05, 3.63) is 33.8 Å². The van der Waals surface area contributed by atoms with Crippen LogP contribution < -0.4 is 5.32 Å². The van der Waals surface area contributed by atoms with Crippen molar-refractivity contribution in [1.29, 1.82) is 0 Å². The molecule has 1 aliphatic rings. The third-order valence-electron chi connectivity index (χ3n) is 3.55. The summed E-state index contributed by atoms with van der Waals surface area (Å²) in [7, 11) is 0. The first-order valence-electron chi connectivity index (χ1n) is 5.84. The van der Waals surface area contributed by atoms with Crippen molar-refractivity contribution < 1.29 is 0 Å². The van der Waals surface area contributed by atoms with Gasteiger partial charge >= 0.3 is 0 Å². The summed E-state index contributed by atoms with van der Waals surface area (Å²) in [6, 6.07) is 5.79. The van der Waals surface area contributed by atoms with Gasteiger partial charge in [-0.05, 0) is 49.9 Å². The highest BCUT2D eigenvalue weighted by molar-refractivity contribution is 6.35. The maximum absolute atomic E-state index is 6.21. The molecule has 1 unspecified atom stereocenters. The third-order valence-corrected chi connectivity index (χ3v) is 4.14. The lowest BCUT2D eigenvalue weighted by atomic mass is 9.87. The van der Waals surface area contributed by atoms with Crippen LogP contribution in [0.25, 0.3) is 0 Å². The van der Waals surface area contributed by atoms with Gasteiger partial charge in [-0.2, -0.15) is 0 Å². The summed E-state index contributed by atoms with van der Waals surface area (Å²) in [6.07, 6.45) is 4.65. The van der Waals surface area contributed by atoms with Crippen LogP contribution in [-0.4, -0.2) is 12.1 Å². The van der Waals surface area contributed by atoms with Gasteiger partial charge in [-0.15, -0.1) is 0 Å². The Kier molecular flexibility index (Phi) is 3.78. The molecular formula is C13H17Cl2N. The third kappa shape index (κ3) is 2.53. The quantitative estimate of drug-likeness (QED) is 0.861. The van der Waals surface area contributed by atoms with Gasteiger partial charge in [0.2, 0.25) is 0 Å². The Morgan fingerprint density at radius 3 is 2.75 bits per heavy atom. The molecule has 1 saturated heterocycles. The van der Waals surface area contributed by atoms with Crippen LogP contribution in [0.2, 0.25) is 10.0 Å². The molecular weight excluding hydrogens is 241 g/mol. The topological polar surface area (TPSA) is 12.0 Å². The number of hydrogen-bond donors (Lipinski definition) is 1. The van der Waals surface area contributed by atoms with E-state index in [-0.39, 0.29) is 5.54 Å². The smallest absolute Gasteiger partial charge is 0.0453 e. The first-order valence-corrected chi connectivity index (χ1v) is 6.60. The zero-order valence-electron chi connectivity index (χ0n) is 9.52. The predicted molar refractivity (Wildman–Crippen MR) is 70.4 cm³/mol. The van der Waals surface area contributed by atoms with Gasteiger partial charge in [0.1, 0.15) is 0 Å². The van der Waals surface area contributed by atoms with Gasteiger partial charge < -0.3 is 5.32 Å². The average molecular weight is 258 g/mol. The summed E-state index contributed by atoms with van der Waals surface area (Å²) in [6.45, 7) is 3.36. The first-order chi connectivity index (χ1) is 7.65. The monoisotopic (exact) mass is 257 g/mol. The number of benzene rings is 1. The van der Waals surface area contributed by atoms with Gasteiger partial charge in [-0.3, -0.25) is 0 Å². The van der Waals surface area contributed by atoms with Crippen molar-refractivity contribution in [2.24, 2.45) is 0 Å². The second-order valence-electron chi connectivity index (χ2n) is 4.58. The van der Waals surface area contributed by atoms with Crippen LogP contribution in [0.15, 0.2) is 18.2 Å². The highest BCUT2D eigenvalue weighted by Gasteiger charge is 2.31. The fourth-order valence-corrected chi connectivity index (χ4v) is 2.95. The molecule has 0 aromatic heterocycles. The predicted octanol–water partition coefficient (Wildman–Crippen LogP) is 4.07. The highest BCUT2D eigenvalue weighted by atomic mass is 35.5. The molecule has 1 aromatic rings. The van der Waals surface area contributed by atoms with Crippen molar-refractivity contribution in [1.82, 2.24) is 5.32 Å². The molecule has 1 N–H and O–H groups in total. The van der Waals surface area contributed by atoms with Crippen LogP contribution in [-0.2, 0) is 6.42 Å². The van der Waals surface area contributed by atoms with Crippen molar-refractivity contribution in [3.8, 4) is 0 Å². The van der Waals surface area contributed by atoms with Gasteiger partial charge in [-0.25, -0.2) is 0 Å². The first kappa shape index (κ1) is 12.2. The molecule has 1 heterocycles. The number of rotatable bonds is 3. The second kappa shape index (κ2) is 4.95. The van der Waals surface area contributed by atoms with Gasteiger partial charge in [0.15, 0.2) is 0 Å². The molecule has 1 aromatic carbocycles. The Labute approximate surface area is 107 Å². The molecule has 1 aliphatic heterocycles. The van der Waals surface area contributed by atoms with E-state index < -0.39 is 0 Å². The molecule has 0 aliphatic carbocycles. The van der Waals surface area contributed by atoms with Gasteiger partial charge in [0, 0.05) is 15.6 Å². The second-order valence-corrected chi connectivity index (χ2v) is 5.42. The summed E-state index contributed by atoms with van der Waals surface area (Å²) in [5, 5.41) is 5.11. The van der Waals surface area contributed by atoms with Crippen molar-refractivity contribution in [2.45, 2.75) is 38.1 Å². The van der Waals surface area contributed by atoms with E-state index in [0.717, 1.165) is 24.4 Å². The number of hydrogen-bond acceptors (Lipinski definition) is 1. The van der Waals surface area contributed by atoms with Crippen LogP contribution >= 0.6 is 23.2 Å². The Hall–Kier alpha value is -0.240. The van der Waals surface area contributed by atoms with Crippen LogP contribution in [0.4, 0.5) is 0 Å². The Bertz CT molecular complexity index is 370. The van der Waals surface area contributed by atoms with Crippen LogP contribution in [0.5, 0.6) is 0 Å². The standard InChI is InChI=1S/C13H17Cl2N/c1-2-13(6-3-7-16-13)9-10-4-5-11(14)8-12(10)15/h4-5,8,16H,2-3,6-7,9H2,1H3. The van der Waals surface area contributed by atoms with Gasteiger partial charge in [0.05, 0.1) is 0 Å². The van der Waals surface area contributed by atoms with E-state index in [0.29, 0.717) is 5.02 Å². The lowest BCUT2D eigenvalue weighted by molar-refractivity contribution is 0.360. The van der Waals surface area contributed by atoms with E-state index in [1.54, 1.807) is 0 Å². The van der Waals surface area contributed by atoms with Gasteiger partial charge in [-0.1, -0.05) is 36.2 Å². The average Bonchev–Trinajstić information content (AvgIpc) is 2.72.